The zero-order valence-electron chi connectivity index (χ0n) is 42.8. The van der Waals surface area contributed by atoms with Crippen LogP contribution in [0.2, 0.25) is 0 Å². The van der Waals surface area contributed by atoms with Crippen LogP contribution in [0.3, 0.4) is 0 Å². The van der Waals surface area contributed by atoms with Gasteiger partial charge in [-0.2, -0.15) is 0 Å². The number of allylic oxidation sites excluding steroid dienone is 6. The van der Waals surface area contributed by atoms with Crippen molar-refractivity contribution in [2.24, 2.45) is 0 Å². The van der Waals surface area contributed by atoms with Crippen LogP contribution in [0.15, 0.2) is 36.5 Å². The first-order chi connectivity index (χ1) is 31.5. The average Bonchev–Trinajstić information content (AvgIpc) is 3.30. The summed E-state index contributed by atoms with van der Waals surface area (Å²) in [5, 5.41) is 43.9. The van der Waals surface area contributed by atoms with Gasteiger partial charge in [-0.1, -0.05) is 256 Å². The van der Waals surface area contributed by atoms with Crippen molar-refractivity contribution in [1.29, 1.82) is 0 Å². The largest absolute Gasteiger partial charge is 0.394 e. The van der Waals surface area contributed by atoms with Crippen LogP contribution >= 0.6 is 0 Å². The lowest BCUT2D eigenvalue weighted by atomic mass is 10.00. The van der Waals surface area contributed by atoms with E-state index in [2.05, 4.69) is 55.6 Å². The second kappa shape index (κ2) is 52.5. The van der Waals surface area contributed by atoms with Gasteiger partial charge >= 0.3 is 0 Å². The Bertz CT molecular complexity index is 1010. The molecule has 5 N–H and O–H groups in total. The summed E-state index contributed by atoms with van der Waals surface area (Å²) in [5.74, 6) is -0.595. The molecule has 0 saturated heterocycles. The third-order valence-electron chi connectivity index (χ3n) is 13.3. The Labute approximate surface area is 398 Å². The highest BCUT2D eigenvalue weighted by atomic mass is 16.3. The smallest absolute Gasteiger partial charge is 0.249 e. The number of hydrogen-bond acceptors (Lipinski definition) is 5. The molecule has 0 spiro atoms. The molecule has 4 atom stereocenters. The summed E-state index contributed by atoms with van der Waals surface area (Å²) in [6, 6.07) is -1.01. The SMILES string of the molecule is CCCCCCCCCCCCC/C=C/CC/C=C/CCCC(O)C(O)C(CO)NC(=O)C(O)CCCCCCCCCCCCCC/C=C\CCCCCCCCCCCCCC. The first-order valence-electron chi connectivity index (χ1n) is 28.4. The van der Waals surface area contributed by atoms with E-state index in [1.165, 1.54) is 225 Å². The zero-order valence-corrected chi connectivity index (χ0v) is 42.8. The minimum atomic E-state index is -1.29. The fourth-order valence-corrected chi connectivity index (χ4v) is 8.83. The van der Waals surface area contributed by atoms with Crippen LogP contribution in [0.5, 0.6) is 0 Å². The molecule has 4 unspecified atom stereocenters. The van der Waals surface area contributed by atoms with E-state index >= 15 is 0 Å². The lowest BCUT2D eigenvalue weighted by molar-refractivity contribution is -0.132. The van der Waals surface area contributed by atoms with Gasteiger partial charge in [0.05, 0.1) is 18.8 Å². The first kappa shape index (κ1) is 62.5. The molecule has 0 aliphatic heterocycles. The van der Waals surface area contributed by atoms with Crippen molar-refractivity contribution in [1.82, 2.24) is 5.32 Å². The number of carbonyl (C=O) groups excluding carboxylic acids is 1. The van der Waals surface area contributed by atoms with Crippen LogP contribution in [0.4, 0.5) is 0 Å². The molecule has 0 fully saturated rings. The quantitative estimate of drug-likeness (QED) is 0.0309. The highest BCUT2D eigenvalue weighted by molar-refractivity contribution is 5.80. The van der Waals surface area contributed by atoms with Crippen molar-refractivity contribution in [3.63, 3.8) is 0 Å². The lowest BCUT2D eigenvalue weighted by Crippen LogP contribution is -2.53. The van der Waals surface area contributed by atoms with Gasteiger partial charge in [0.25, 0.3) is 0 Å². The van der Waals surface area contributed by atoms with Crippen molar-refractivity contribution in [3.8, 4) is 0 Å². The van der Waals surface area contributed by atoms with E-state index in [9.17, 15) is 25.2 Å². The highest BCUT2D eigenvalue weighted by Crippen LogP contribution is 2.17. The van der Waals surface area contributed by atoms with Gasteiger partial charge in [0.15, 0.2) is 0 Å². The Balaban J connectivity index is 3.66. The van der Waals surface area contributed by atoms with Crippen molar-refractivity contribution in [3.05, 3.63) is 36.5 Å². The Morgan fingerprint density at radius 1 is 0.375 bits per heavy atom. The van der Waals surface area contributed by atoms with Gasteiger partial charge in [0.1, 0.15) is 12.2 Å². The molecule has 0 aromatic rings. The van der Waals surface area contributed by atoms with Gasteiger partial charge < -0.3 is 25.7 Å². The molecule has 0 aromatic heterocycles. The number of amides is 1. The molecule has 1 amide bonds. The maximum Gasteiger partial charge on any atom is 0.249 e. The average molecular weight is 903 g/mol. The fourth-order valence-electron chi connectivity index (χ4n) is 8.83. The number of aliphatic hydroxyl groups excluding tert-OH is 4. The molecule has 0 bridgehead atoms. The lowest BCUT2D eigenvalue weighted by Gasteiger charge is -2.27. The monoisotopic (exact) mass is 902 g/mol. The maximum atomic E-state index is 12.6. The molecule has 64 heavy (non-hydrogen) atoms. The molecule has 378 valence electrons. The molecule has 0 heterocycles. The Hall–Kier alpha value is -1.47. The van der Waals surface area contributed by atoms with Crippen molar-refractivity contribution < 1.29 is 25.2 Å². The molecule has 0 aliphatic rings. The van der Waals surface area contributed by atoms with E-state index < -0.39 is 36.9 Å². The van der Waals surface area contributed by atoms with Gasteiger partial charge in [0.2, 0.25) is 5.91 Å². The van der Waals surface area contributed by atoms with Crippen molar-refractivity contribution in [2.75, 3.05) is 6.61 Å². The Morgan fingerprint density at radius 3 is 0.984 bits per heavy atom. The number of unbranched alkanes of at least 4 members (excludes halogenated alkanes) is 37. The third kappa shape index (κ3) is 45.7. The van der Waals surface area contributed by atoms with E-state index in [-0.39, 0.29) is 0 Å². The van der Waals surface area contributed by atoms with Crippen LogP contribution in [-0.2, 0) is 4.79 Å². The normalized spacial score (nSPS) is 14.0. The van der Waals surface area contributed by atoms with Gasteiger partial charge in [-0.15, -0.1) is 0 Å². The minimum absolute atomic E-state index is 0.361. The van der Waals surface area contributed by atoms with Crippen molar-refractivity contribution in [2.45, 2.75) is 321 Å². The van der Waals surface area contributed by atoms with Crippen LogP contribution in [0, 0.1) is 0 Å². The van der Waals surface area contributed by atoms with E-state index in [1.54, 1.807) is 0 Å². The number of nitrogens with one attached hydrogen (secondary N) is 1. The maximum absolute atomic E-state index is 12.6. The summed E-state index contributed by atoms with van der Waals surface area (Å²) in [4.78, 5) is 12.6. The Kier molecular flexibility index (Phi) is 51.3. The second-order valence-electron chi connectivity index (χ2n) is 19.6. The van der Waals surface area contributed by atoms with E-state index in [0.717, 1.165) is 38.5 Å². The van der Waals surface area contributed by atoms with E-state index in [1.807, 2.05) is 0 Å². The Morgan fingerprint density at radius 2 is 0.656 bits per heavy atom. The first-order valence-corrected chi connectivity index (χ1v) is 28.4. The summed E-state index contributed by atoms with van der Waals surface area (Å²) < 4.78 is 0. The van der Waals surface area contributed by atoms with E-state index in [0.29, 0.717) is 19.3 Å². The summed E-state index contributed by atoms with van der Waals surface area (Å²) in [6.07, 6.45) is 65.0. The highest BCUT2D eigenvalue weighted by Gasteiger charge is 2.28. The predicted octanol–water partition coefficient (Wildman–Crippen LogP) is 16.4. The molecule has 0 rings (SSSR count). The topological polar surface area (TPSA) is 110 Å². The zero-order chi connectivity index (χ0) is 46.7. The molecule has 0 saturated carbocycles. The summed E-state index contributed by atoms with van der Waals surface area (Å²) in [7, 11) is 0. The molecular weight excluding hydrogens is 791 g/mol. The number of rotatable bonds is 52. The summed E-state index contributed by atoms with van der Waals surface area (Å²) >= 11 is 0. The van der Waals surface area contributed by atoms with Gasteiger partial charge in [-0.05, 0) is 77.0 Å². The third-order valence-corrected chi connectivity index (χ3v) is 13.3. The standard InChI is InChI=1S/C58H111NO5/c1-3-5-7-9-11-13-15-17-19-21-23-25-26-27-28-29-30-31-32-34-36-38-40-42-44-46-48-50-52-56(62)58(64)59-54(53-60)57(63)55(61)51-49-47-45-43-41-39-37-35-33-24-22-20-18-16-14-12-10-8-6-4-2/h27-28,35,37,43,45,54-57,60-63H,3-26,29-34,36,38-42,44,46-53H2,1-2H3,(H,59,64)/b28-27-,37-35+,45-43+. The van der Waals surface area contributed by atoms with Gasteiger partial charge in [-0.3, -0.25) is 4.79 Å². The fraction of sp³-hybridized carbons (Fsp3) is 0.879. The second-order valence-corrected chi connectivity index (χ2v) is 19.6. The van der Waals surface area contributed by atoms with Gasteiger partial charge in [-0.25, -0.2) is 0 Å². The number of hydrogen-bond donors (Lipinski definition) is 5. The molecule has 6 nitrogen and oxygen atoms in total. The molecule has 0 aromatic carbocycles. The van der Waals surface area contributed by atoms with Crippen LogP contribution in [0.25, 0.3) is 0 Å². The number of carbonyl (C=O) groups is 1. The molecule has 0 radical (unpaired) electrons. The minimum Gasteiger partial charge on any atom is -0.394 e. The van der Waals surface area contributed by atoms with Crippen LogP contribution in [-0.4, -0.2) is 57.3 Å². The molecule has 0 aliphatic carbocycles. The molecule has 6 heteroatoms. The summed E-state index contributed by atoms with van der Waals surface area (Å²) in [6.45, 7) is 4.07. The van der Waals surface area contributed by atoms with Crippen molar-refractivity contribution >= 4 is 5.91 Å². The predicted molar refractivity (Wildman–Crippen MR) is 279 cm³/mol. The molecular formula is C58H111NO5. The summed E-state index contributed by atoms with van der Waals surface area (Å²) in [5.41, 5.74) is 0. The van der Waals surface area contributed by atoms with E-state index in [4.69, 9.17) is 0 Å². The van der Waals surface area contributed by atoms with Crippen LogP contribution in [0.1, 0.15) is 296 Å². The van der Waals surface area contributed by atoms with Crippen LogP contribution < -0.4 is 5.32 Å². The number of aliphatic hydroxyl groups is 4. The van der Waals surface area contributed by atoms with Gasteiger partial charge in [0, 0.05) is 0 Å².